The van der Waals surface area contributed by atoms with Crippen molar-refractivity contribution in [2.24, 2.45) is 5.73 Å². The van der Waals surface area contributed by atoms with E-state index < -0.39 is 16.7 Å². The Morgan fingerprint density at radius 1 is 1.09 bits per heavy atom. The summed E-state index contributed by atoms with van der Waals surface area (Å²) in [6, 6.07) is 13.0. The summed E-state index contributed by atoms with van der Waals surface area (Å²) in [4.78, 5) is 10.7. The molecule has 0 aliphatic heterocycles. The van der Waals surface area contributed by atoms with Crippen molar-refractivity contribution in [2.75, 3.05) is 6.61 Å². The van der Waals surface area contributed by atoms with Crippen LogP contribution in [0.5, 0.6) is 5.75 Å². The monoisotopic (exact) mass is 321 g/mol. The van der Waals surface area contributed by atoms with Gasteiger partial charge in [0.2, 0.25) is 0 Å². The average molecular weight is 321 g/mol. The fourth-order valence-electron chi connectivity index (χ4n) is 1.88. The molecule has 0 spiro atoms. The molecule has 0 aliphatic rings. The zero-order valence-electron chi connectivity index (χ0n) is 11.8. The molecule has 22 heavy (non-hydrogen) atoms. The van der Waals surface area contributed by atoms with Gasteiger partial charge in [-0.1, -0.05) is 24.3 Å². The van der Waals surface area contributed by atoms with Crippen molar-refractivity contribution in [1.82, 2.24) is 0 Å². The van der Waals surface area contributed by atoms with Crippen LogP contribution in [0.15, 0.2) is 48.5 Å². The molecule has 0 heterocycles. The number of rotatable bonds is 7. The van der Waals surface area contributed by atoms with Gasteiger partial charge < -0.3 is 10.5 Å². The molecule has 2 aromatic carbocycles. The molecule has 0 bridgehead atoms. The number of carbonyl (C=O) groups is 1. The highest BCUT2D eigenvalue weighted by Crippen LogP contribution is 2.16. The maximum Gasteiger partial charge on any atom is 0.255 e. The predicted octanol–water partition coefficient (Wildman–Crippen LogP) is 2.14. The molecule has 2 N–H and O–H groups in total. The molecule has 0 saturated carbocycles. The second-order valence-corrected chi connectivity index (χ2v) is 6.21. The Morgan fingerprint density at radius 2 is 1.77 bits per heavy atom. The van der Waals surface area contributed by atoms with E-state index in [4.69, 9.17) is 10.5 Å². The van der Waals surface area contributed by atoms with Crippen molar-refractivity contribution >= 4 is 16.7 Å². The van der Waals surface area contributed by atoms with Crippen LogP contribution in [-0.4, -0.2) is 16.7 Å². The standard InChI is InChI=1S/C16H16FNO3S/c17-14-6-4-12(5-7-14)10-22(20)11-13-2-1-3-15(8-13)21-9-16(18)19/h1-8H,9-11H2,(H2,18,19)/t22-/m0/s1. The molecule has 0 fully saturated rings. The van der Waals surface area contributed by atoms with Gasteiger partial charge in [-0.05, 0) is 35.4 Å². The molecule has 116 valence electrons. The molecule has 1 atom stereocenters. The smallest absolute Gasteiger partial charge is 0.255 e. The highest BCUT2D eigenvalue weighted by Gasteiger charge is 2.06. The summed E-state index contributed by atoms with van der Waals surface area (Å²) in [6.07, 6.45) is 0. The maximum atomic E-state index is 12.8. The number of hydrogen-bond acceptors (Lipinski definition) is 3. The minimum absolute atomic E-state index is 0.192. The minimum atomic E-state index is -1.12. The molecule has 4 nitrogen and oxygen atoms in total. The fraction of sp³-hybridized carbons (Fsp3) is 0.188. The largest absolute Gasteiger partial charge is 0.484 e. The van der Waals surface area contributed by atoms with Crippen LogP contribution in [-0.2, 0) is 27.1 Å². The number of ether oxygens (including phenoxy) is 1. The summed E-state index contributed by atoms with van der Waals surface area (Å²) in [5, 5.41) is 0. The lowest BCUT2D eigenvalue weighted by Gasteiger charge is -2.07. The quantitative estimate of drug-likeness (QED) is 0.849. The molecule has 0 radical (unpaired) electrons. The number of halogens is 1. The van der Waals surface area contributed by atoms with E-state index >= 15 is 0 Å². The second-order valence-electron chi connectivity index (χ2n) is 4.76. The van der Waals surface area contributed by atoms with Crippen LogP contribution in [0.1, 0.15) is 11.1 Å². The summed E-state index contributed by atoms with van der Waals surface area (Å²) < 4.78 is 30.2. The van der Waals surface area contributed by atoms with Gasteiger partial charge in [-0.15, -0.1) is 0 Å². The summed E-state index contributed by atoms with van der Waals surface area (Å²) in [5.74, 6) is 0.354. The SMILES string of the molecule is NC(=O)COc1cccc(C[S@@](=O)Cc2ccc(F)cc2)c1. The van der Waals surface area contributed by atoms with Crippen LogP contribution in [0.2, 0.25) is 0 Å². The van der Waals surface area contributed by atoms with E-state index in [0.717, 1.165) is 11.1 Å². The molecular formula is C16H16FNO3S. The normalized spacial score (nSPS) is 11.9. The van der Waals surface area contributed by atoms with Gasteiger partial charge in [-0.25, -0.2) is 4.39 Å². The Kier molecular flexibility index (Phi) is 5.66. The van der Waals surface area contributed by atoms with E-state index in [1.165, 1.54) is 12.1 Å². The first-order valence-electron chi connectivity index (χ1n) is 6.62. The average Bonchev–Trinajstić information content (AvgIpc) is 2.48. The number of nitrogens with two attached hydrogens (primary N) is 1. The summed E-state index contributed by atoms with van der Waals surface area (Å²) in [5.41, 5.74) is 6.67. The van der Waals surface area contributed by atoms with Gasteiger partial charge >= 0.3 is 0 Å². The van der Waals surface area contributed by atoms with E-state index in [1.54, 1.807) is 30.3 Å². The highest BCUT2D eigenvalue weighted by molar-refractivity contribution is 7.83. The first-order valence-corrected chi connectivity index (χ1v) is 8.11. The van der Waals surface area contributed by atoms with Crippen molar-refractivity contribution in [3.05, 3.63) is 65.5 Å². The summed E-state index contributed by atoms with van der Waals surface area (Å²) in [6.45, 7) is -0.192. The molecule has 0 aliphatic carbocycles. The number of benzene rings is 2. The highest BCUT2D eigenvalue weighted by atomic mass is 32.2. The van der Waals surface area contributed by atoms with E-state index in [-0.39, 0.29) is 12.4 Å². The number of primary amides is 1. The molecule has 6 heteroatoms. The molecule has 0 unspecified atom stereocenters. The number of carbonyl (C=O) groups excluding carboxylic acids is 1. The second kappa shape index (κ2) is 7.70. The third-order valence-corrected chi connectivity index (χ3v) is 4.16. The molecule has 0 saturated heterocycles. The lowest BCUT2D eigenvalue weighted by Crippen LogP contribution is -2.20. The molecule has 0 aromatic heterocycles. The summed E-state index contributed by atoms with van der Waals surface area (Å²) >= 11 is 0. The van der Waals surface area contributed by atoms with Crippen molar-refractivity contribution in [2.45, 2.75) is 11.5 Å². The number of hydrogen-bond donors (Lipinski definition) is 1. The minimum Gasteiger partial charge on any atom is -0.484 e. The zero-order valence-corrected chi connectivity index (χ0v) is 12.6. The van der Waals surface area contributed by atoms with Crippen LogP contribution in [0.3, 0.4) is 0 Å². The molecule has 2 aromatic rings. The predicted molar refractivity (Wildman–Crippen MR) is 83.1 cm³/mol. The Labute approximate surface area is 130 Å². The maximum absolute atomic E-state index is 12.8. The Morgan fingerprint density at radius 3 is 2.45 bits per heavy atom. The molecular weight excluding hydrogens is 305 g/mol. The van der Waals surface area contributed by atoms with E-state index in [0.29, 0.717) is 17.3 Å². The van der Waals surface area contributed by atoms with E-state index in [2.05, 4.69) is 0 Å². The van der Waals surface area contributed by atoms with Gasteiger partial charge in [-0.3, -0.25) is 9.00 Å². The Balaban J connectivity index is 1.94. The van der Waals surface area contributed by atoms with Gasteiger partial charge in [0.1, 0.15) is 11.6 Å². The Hall–Kier alpha value is -2.21. The van der Waals surface area contributed by atoms with Gasteiger partial charge in [0.05, 0.1) is 0 Å². The van der Waals surface area contributed by atoms with Crippen LogP contribution in [0.4, 0.5) is 4.39 Å². The van der Waals surface area contributed by atoms with Gasteiger partial charge in [0.25, 0.3) is 5.91 Å². The zero-order chi connectivity index (χ0) is 15.9. The third kappa shape index (κ3) is 5.29. The van der Waals surface area contributed by atoms with Crippen molar-refractivity contribution in [1.29, 1.82) is 0 Å². The van der Waals surface area contributed by atoms with Crippen molar-refractivity contribution < 1.29 is 18.1 Å². The number of amides is 1. The Bertz CT molecular complexity index is 673. The first-order chi connectivity index (χ1) is 10.5. The summed E-state index contributed by atoms with van der Waals surface area (Å²) in [7, 11) is -1.12. The molecule has 2 rings (SSSR count). The van der Waals surface area contributed by atoms with Crippen molar-refractivity contribution in [3.8, 4) is 5.75 Å². The van der Waals surface area contributed by atoms with Crippen LogP contribution in [0, 0.1) is 5.82 Å². The van der Waals surface area contributed by atoms with Crippen LogP contribution < -0.4 is 10.5 Å². The van der Waals surface area contributed by atoms with Gasteiger partial charge in [0, 0.05) is 22.3 Å². The van der Waals surface area contributed by atoms with Gasteiger partial charge in [-0.2, -0.15) is 0 Å². The van der Waals surface area contributed by atoms with Crippen LogP contribution >= 0.6 is 0 Å². The lowest BCUT2D eigenvalue weighted by atomic mass is 10.2. The first kappa shape index (κ1) is 16.2. The fourth-order valence-corrected chi connectivity index (χ4v) is 3.10. The topological polar surface area (TPSA) is 69.4 Å². The molecule has 1 amide bonds. The van der Waals surface area contributed by atoms with Gasteiger partial charge in [0.15, 0.2) is 6.61 Å². The van der Waals surface area contributed by atoms with E-state index in [1.807, 2.05) is 6.07 Å². The van der Waals surface area contributed by atoms with Crippen LogP contribution in [0.25, 0.3) is 0 Å². The van der Waals surface area contributed by atoms with E-state index in [9.17, 15) is 13.4 Å². The third-order valence-electron chi connectivity index (χ3n) is 2.85. The van der Waals surface area contributed by atoms with Crippen molar-refractivity contribution in [3.63, 3.8) is 0 Å². The lowest BCUT2D eigenvalue weighted by molar-refractivity contribution is -0.119.